The van der Waals surface area contributed by atoms with E-state index in [4.69, 9.17) is 5.73 Å². The van der Waals surface area contributed by atoms with Gasteiger partial charge in [0.1, 0.15) is 5.52 Å². The molecule has 0 spiro atoms. The summed E-state index contributed by atoms with van der Waals surface area (Å²) in [5.41, 5.74) is 8.16. The number of hydrogen-bond donors (Lipinski definition) is 1. The van der Waals surface area contributed by atoms with Crippen molar-refractivity contribution in [1.29, 1.82) is 0 Å². The van der Waals surface area contributed by atoms with Crippen LogP contribution in [0.25, 0.3) is 11.2 Å². The van der Waals surface area contributed by atoms with Gasteiger partial charge >= 0.3 is 0 Å². The summed E-state index contributed by atoms with van der Waals surface area (Å²) in [7, 11) is 1.92. The fourth-order valence-corrected chi connectivity index (χ4v) is 1.16. The van der Waals surface area contributed by atoms with E-state index in [9.17, 15) is 0 Å². The number of hydrogen-bond acceptors (Lipinski definition) is 3. The standard InChI is InChI=1S/C8H10N4/c1-12-5-10-7-3-2-6(4-9)11-8(7)12/h2-3,5H,4,9H2,1H3. The molecule has 0 fully saturated rings. The largest absolute Gasteiger partial charge is 0.325 e. The lowest BCUT2D eigenvalue weighted by Gasteiger charge is -1.96. The molecule has 0 aliphatic rings. The molecule has 0 aliphatic carbocycles. The molecule has 62 valence electrons. The first-order chi connectivity index (χ1) is 5.81. The van der Waals surface area contributed by atoms with Crippen LogP contribution in [0.1, 0.15) is 5.69 Å². The van der Waals surface area contributed by atoms with Gasteiger partial charge in [0, 0.05) is 13.6 Å². The lowest BCUT2D eigenvalue weighted by molar-refractivity contribution is 0.913. The Labute approximate surface area is 70.0 Å². The van der Waals surface area contributed by atoms with Gasteiger partial charge in [-0.1, -0.05) is 0 Å². The number of pyridine rings is 1. The minimum atomic E-state index is 0.473. The molecule has 0 amide bonds. The minimum Gasteiger partial charge on any atom is -0.325 e. The molecular weight excluding hydrogens is 152 g/mol. The van der Waals surface area contributed by atoms with Gasteiger partial charge in [0.2, 0.25) is 0 Å². The second-order valence-electron chi connectivity index (χ2n) is 2.70. The zero-order chi connectivity index (χ0) is 8.55. The third-order valence-electron chi connectivity index (χ3n) is 1.83. The van der Waals surface area contributed by atoms with Crippen molar-refractivity contribution < 1.29 is 0 Å². The number of rotatable bonds is 1. The topological polar surface area (TPSA) is 56.7 Å². The summed E-state index contributed by atoms with van der Waals surface area (Å²) in [6, 6.07) is 3.83. The van der Waals surface area contributed by atoms with E-state index in [0.717, 1.165) is 16.9 Å². The van der Waals surface area contributed by atoms with Gasteiger partial charge in [0.05, 0.1) is 12.0 Å². The van der Waals surface area contributed by atoms with Crippen LogP contribution in [0.5, 0.6) is 0 Å². The first kappa shape index (κ1) is 7.24. The second kappa shape index (κ2) is 2.57. The van der Waals surface area contributed by atoms with Gasteiger partial charge in [-0.05, 0) is 12.1 Å². The first-order valence-corrected chi connectivity index (χ1v) is 3.78. The highest BCUT2D eigenvalue weighted by molar-refractivity contribution is 5.70. The Morgan fingerprint density at radius 3 is 3.08 bits per heavy atom. The number of imidazole rings is 1. The number of fused-ring (bicyclic) bond motifs is 1. The van der Waals surface area contributed by atoms with Crippen molar-refractivity contribution in [2.75, 3.05) is 0 Å². The Bertz CT molecular complexity index is 404. The van der Waals surface area contributed by atoms with Crippen LogP contribution in [-0.4, -0.2) is 14.5 Å². The van der Waals surface area contributed by atoms with E-state index < -0.39 is 0 Å². The minimum absolute atomic E-state index is 0.473. The summed E-state index contributed by atoms with van der Waals surface area (Å²) >= 11 is 0. The van der Waals surface area contributed by atoms with Gasteiger partial charge in [0.15, 0.2) is 5.65 Å². The maximum atomic E-state index is 5.47. The van der Waals surface area contributed by atoms with Gasteiger partial charge in [-0.25, -0.2) is 9.97 Å². The van der Waals surface area contributed by atoms with E-state index in [-0.39, 0.29) is 0 Å². The van der Waals surface area contributed by atoms with E-state index in [1.54, 1.807) is 6.33 Å². The Kier molecular flexibility index (Phi) is 1.55. The molecule has 2 N–H and O–H groups in total. The molecule has 4 heteroatoms. The Morgan fingerprint density at radius 2 is 2.33 bits per heavy atom. The van der Waals surface area contributed by atoms with Gasteiger partial charge in [0.25, 0.3) is 0 Å². The van der Waals surface area contributed by atoms with Gasteiger partial charge in [-0.3, -0.25) is 0 Å². The van der Waals surface area contributed by atoms with E-state index in [1.165, 1.54) is 0 Å². The van der Waals surface area contributed by atoms with Crippen LogP contribution in [0.3, 0.4) is 0 Å². The summed E-state index contributed by atoms with van der Waals surface area (Å²) in [6.07, 6.45) is 1.75. The van der Waals surface area contributed by atoms with Crippen molar-refractivity contribution in [2.24, 2.45) is 12.8 Å². The first-order valence-electron chi connectivity index (χ1n) is 3.78. The van der Waals surface area contributed by atoms with Gasteiger partial charge < -0.3 is 10.3 Å². The highest BCUT2D eigenvalue weighted by atomic mass is 15.1. The maximum absolute atomic E-state index is 5.47. The summed E-state index contributed by atoms with van der Waals surface area (Å²) in [4.78, 5) is 8.48. The van der Waals surface area contributed by atoms with E-state index in [0.29, 0.717) is 6.54 Å². The molecule has 0 saturated carbocycles. The highest BCUT2D eigenvalue weighted by Crippen LogP contribution is 2.08. The number of nitrogens with zero attached hydrogens (tertiary/aromatic N) is 3. The molecule has 4 nitrogen and oxygen atoms in total. The number of aryl methyl sites for hydroxylation is 1. The molecule has 0 bridgehead atoms. The van der Waals surface area contributed by atoms with Crippen LogP contribution < -0.4 is 5.73 Å². The predicted octanol–water partition coefficient (Wildman–Crippen LogP) is 0.427. The fraction of sp³-hybridized carbons (Fsp3) is 0.250. The zero-order valence-electron chi connectivity index (χ0n) is 6.86. The number of nitrogens with two attached hydrogens (primary N) is 1. The lowest BCUT2D eigenvalue weighted by Crippen LogP contribution is -2.00. The normalized spacial score (nSPS) is 10.8. The monoisotopic (exact) mass is 162 g/mol. The molecule has 0 unspecified atom stereocenters. The Hall–Kier alpha value is -1.42. The van der Waals surface area contributed by atoms with Crippen molar-refractivity contribution in [1.82, 2.24) is 14.5 Å². The van der Waals surface area contributed by atoms with E-state index in [1.807, 2.05) is 23.7 Å². The molecular formula is C8H10N4. The molecule has 0 saturated heterocycles. The van der Waals surface area contributed by atoms with Crippen molar-refractivity contribution in [2.45, 2.75) is 6.54 Å². The van der Waals surface area contributed by atoms with Crippen molar-refractivity contribution in [3.8, 4) is 0 Å². The predicted molar refractivity (Wildman–Crippen MR) is 46.4 cm³/mol. The smallest absolute Gasteiger partial charge is 0.159 e. The van der Waals surface area contributed by atoms with E-state index >= 15 is 0 Å². The Balaban J connectivity index is 2.71. The lowest BCUT2D eigenvalue weighted by atomic mass is 10.3. The van der Waals surface area contributed by atoms with Crippen LogP contribution in [0, 0.1) is 0 Å². The molecule has 2 aromatic rings. The van der Waals surface area contributed by atoms with Crippen molar-refractivity contribution >= 4 is 11.2 Å². The average molecular weight is 162 g/mol. The van der Waals surface area contributed by atoms with E-state index in [2.05, 4.69) is 9.97 Å². The summed E-state index contributed by atoms with van der Waals surface area (Å²) in [5.74, 6) is 0. The second-order valence-corrected chi connectivity index (χ2v) is 2.70. The molecule has 0 aliphatic heterocycles. The third kappa shape index (κ3) is 0.967. The van der Waals surface area contributed by atoms with Gasteiger partial charge in [-0.15, -0.1) is 0 Å². The van der Waals surface area contributed by atoms with Crippen molar-refractivity contribution in [3.05, 3.63) is 24.2 Å². The molecule has 2 heterocycles. The maximum Gasteiger partial charge on any atom is 0.159 e. The van der Waals surface area contributed by atoms with Crippen LogP contribution in [-0.2, 0) is 13.6 Å². The quantitative estimate of drug-likeness (QED) is 0.661. The van der Waals surface area contributed by atoms with Crippen LogP contribution in [0.4, 0.5) is 0 Å². The molecule has 0 aromatic carbocycles. The SMILES string of the molecule is Cn1cnc2ccc(CN)nc21. The summed E-state index contributed by atoms with van der Waals surface area (Å²) < 4.78 is 1.88. The van der Waals surface area contributed by atoms with Crippen LogP contribution in [0.2, 0.25) is 0 Å². The van der Waals surface area contributed by atoms with Gasteiger partial charge in [-0.2, -0.15) is 0 Å². The molecule has 0 radical (unpaired) electrons. The average Bonchev–Trinajstić information content (AvgIpc) is 2.47. The van der Waals surface area contributed by atoms with Crippen LogP contribution >= 0.6 is 0 Å². The zero-order valence-corrected chi connectivity index (χ0v) is 6.86. The summed E-state index contributed by atoms with van der Waals surface area (Å²) in [5, 5.41) is 0. The summed E-state index contributed by atoms with van der Waals surface area (Å²) in [6.45, 7) is 0.473. The Morgan fingerprint density at radius 1 is 1.50 bits per heavy atom. The third-order valence-corrected chi connectivity index (χ3v) is 1.83. The molecule has 2 aromatic heterocycles. The fourth-order valence-electron chi connectivity index (χ4n) is 1.16. The highest BCUT2D eigenvalue weighted by Gasteiger charge is 2.00. The van der Waals surface area contributed by atoms with Crippen LogP contribution in [0.15, 0.2) is 18.5 Å². The molecule has 2 rings (SSSR count). The number of aromatic nitrogens is 3. The molecule has 0 atom stereocenters. The van der Waals surface area contributed by atoms with Crippen molar-refractivity contribution in [3.63, 3.8) is 0 Å². The molecule has 12 heavy (non-hydrogen) atoms.